The molecule has 1 aliphatic rings. The summed E-state index contributed by atoms with van der Waals surface area (Å²) in [6.45, 7) is 0.433. The Morgan fingerprint density at radius 1 is 1.50 bits per heavy atom. The number of rotatable bonds is 0. The van der Waals surface area contributed by atoms with E-state index in [-0.39, 0.29) is 0 Å². The Balaban J connectivity index is 2.50. The molecule has 4 heteroatoms. The maximum absolute atomic E-state index is 5.91. The fourth-order valence-corrected chi connectivity index (χ4v) is 1.44. The number of hydrogen-bond acceptors (Lipinski definition) is 2. The summed E-state index contributed by atoms with van der Waals surface area (Å²) in [5.41, 5.74) is 0.774. The van der Waals surface area contributed by atoms with Crippen LogP contribution in [0.25, 0.3) is 0 Å². The second-order valence-corrected chi connectivity index (χ2v) is 3.35. The number of fused-ring (bicyclic) bond motifs is 1. The van der Waals surface area contributed by atoms with Crippen molar-refractivity contribution in [3.05, 3.63) is 23.2 Å². The zero-order chi connectivity index (χ0) is 8.55. The zero-order valence-electron chi connectivity index (χ0n) is 6.13. The van der Waals surface area contributed by atoms with Crippen molar-refractivity contribution in [1.82, 2.24) is 0 Å². The molecule has 1 heterocycles. The number of benzene rings is 1. The van der Waals surface area contributed by atoms with Crippen LogP contribution in [0, 0.1) is 0 Å². The molecule has 1 aromatic carbocycles. The molecule has 0 saturated heterocycles. The van der Waals surface area contributed by atoms with Gasteiger partial charge >= 0.3 is 0 Å². The molecule has 62 valence electrons. The maximum atomic E-state index is 5.91. The summed E-state index contributed by atoms with van der Waals surface area (Å²) in [6.07, 6.45) is 0. The number of hydrogen-bond donors (Lipinski definition) is 1. The van der Waals surface area contributed by atoms with E-state index in [4.69, 9.17) is 28.6 Å². The summed E-state index contributed by atoms with van der Waals surface area (Å²) in [5.74, 6) is 0.760. The summed E-state index contributed by atoms with van der Waals surface area (Å²) in [5, 5.41) is 3.64. The number of halogens is 1. The summed E-state index contributed by atoms with van der Waals surface area (Å²) >= 11 is 10.9. The first-order valence-electron chi connectivity index (χ1n) is 3.48. The lowest BCUT2D eigenvalue weighted by atomic mass is 10.2. The Morgan fingerprint density at radius 2 is 2.33 bits per heavy atom. The molecule has 0 amide bonds. The summed E-state index contributed by atoms with van der Waals surface area (Å²) in [6, 6.07) is 5.50. The van der Waals surface area contributed by atoms with Gasteiger partial charge in [-0.2, -0.15) is 0 Å². The van der Waals surface area contributed by atoms with Gasteiger partial charge in [0.1, 0.15) is 23.0 Å². The molecular weight excluding hydrogens is 194 g/mol. The Morgan fingerprint density at radius 3 is 3.17 bits per heavy atom. The summed E-state index contributed by atoms with van der Waals surface area (Å²) < 4.78 is 5.33. The Labute approximate surface area is 80.5 Å². The summed E-state index contributed by atoms with van der Waals surface area (Å²) in [4.78, 5) is 0.663. The standard InChI is InChI=1S/C8H6ClNOS/c9-5-2-1-3-6-8(5)10-7(12)4-11-6/h1-3H,4H2,(H,10,12). The lowest BCUT2D eigenvalue weighted by Crippen LogP contribution is -2.23. The monoisotopic (exact) mass is 199 g/mol. The molecule has 1 N–H and O–H groups in total. The minimum Gasteiger partial charge on any atom is -0.484 e. The largest absolute Gasteiger partial charge is 0.484 e. The average Bonchev–Trinajstić information content (AvgIpc) is 2.07. The number of anilines is 1. The first kappa shape index (κ1) is 7.83. The first-order valence-corrected chi connectivity index (χ1v) is 4.27. The quantitative estimate of drug-likeness (QED) is 0.649. The van der Waals surface area contributed by atoms with Crippen LogP contribution in [0.2, 0.25) is 5.02 Å². The molecule has 1 aliphatic heterocycles. The van der Waals surface area contributed by atoms with Crippen molar-refractivity contribution in [2.24, 2.45) is 0 Å². The predicted octanol–water partition coefficient (Wildman–Crippen LogP) is 2.47. The van der Waals surface area contributed by atoms with Gasteiger partial charge in [-0.25, -0.2) is 0 Å². The Hall–Kier alpha value is -0.800. The van der Waals surface area contributed by atoms with Crippen LogP contribution in [0.5, 0.6) is 5.75 Å². The smallest absolute Gasteiger partial charge is 0.144 e. The molecule has 0 aromatic heterocycles. The fourth-order valence-electron chi connectivity index (χ4n) is 1.06. The highest BCUT2D eigenvalue weighted by molar-refractivity contribution is 7.80. The Bertz CT molecular complexity index is 340. The molecule has 2 rings (SSSR count). The van der Waals surface area contributed by atoms with Gasteiger partial charge in [0.15, 0.2) is 0 Å². The van der Waals surface area contributed by atoms with Crippen molar-refractivity contribution in [2.45, 2.75) is 0 Å². The van der Waals surface area contributed by atoms with Crippen LogP contribution in [0.4, 0.5) is 5.69 Å². The van der Waals surface area contributed by atoms with Crippen molar-refractivity contribution in [3.63, 3.8) is 0 Å². The van der Waals surface area contributed by atoms with Gasteiger partial charge < -0.3 is 10.1 Å². The van der Waals surface area contributed by atoms with Gasteiger partial charge in [0.2, 0.25) is 0 Å². The van der Waals surface area contributed by atoms with Crippen LogP contribution in [0.3, 0.4) is 0 Å². The third kappa shape index (κ3) is 1.26. The molecule has 12 heavy (non-hydrogen) atoms. The number of thiocarbonyl (C=S) groups is 1. The van der Waals surface area contributed by atoms with Crippen LogP contribution in [0.1, 0.15) is 0 Å². The third-order valence-electron chi connectivity index (χ3n) is 1.60. The van der Waals surface area contributed by atoms with E-state index in [1.165, 1.54) is 0 Å². The molecule has 0 saturated carbocycles. The maximum Gasteiger partial charge on any atom is 0.144 e. The molecule has 0 unspecified atom stereocenters. The van der Waals surface area contributed by atoms with Gasteiger partial charge in [-0.15, -0.1) is 0 Å². The lowest BCUT2D eigenvalue weighted by Gasteiger charge is -2.20. The van der Waals surface area contributed by atoms with Gasteiger partial charge in [-0.3, -0.25) is 0 Å². The van der Waals surface area contributed by atoms with Gasteiger partial charge in [-0.1, -0.05) is 29.9 Å². The number of ether oxygens (including phenoxy) is 1. The molecule has 0 radical (unpaired) electrons. The molecule has 0 bridgehead atoms. The molecule has 0 atom stereocenters. The van der Waals surface area contributed by atoms with E-state index in [9.17, 15) is 0 Å². The molecule has 0 spiro atoms. The molecule has 1 aromatic rings. The van der Waals surface area contributed by atoms with Gasteiger partial charge in [0.25, 0.3) is 0 Å². The second kappa shape index (κ2) is 2.92. The molecule has 0 aliphatic carbocycles. The highest BCUT2D eigenvalue weighted by atomic mass is 35.5. The normalized spacial score (nSPS) is 14.6. The van der Waals surface area contributed by atoms with Crippen LogP contribution < -0.4 is 10.1 Å². The van der Waals surface area contributed by atoms with E-state index in [0.717, 1.165) is 11.4 Å². The van der Waals surface area contributed by atoms with Gasteiger partial charge in [-0.05, 0) is 12.1 Å². The SMILES string of the molecule is S=C1COc2cccc(Cl)c2N1. The predicted molar refractivity (Wildman–Crippen MR) is 53.2 cm³/mol. The van der Waals surface area contributed by atoms with E-state index in [1.54, 1.807) is 6.07 Å². The lowest BCUT2D eigenvalue weighted by molar-refractivity contribution is 0.375. The fraction of sp³-hybridized carbons (Fsp3) is 0.125. The van der Waals surface area contributed by atoms with Crippen LogP contribution in [0.15, 0.2) is 18.2 Å². The topological polar surface area (TPSA) is 21.3 Å². The van der Waals surface area contributed by atoms with Crippen molar-refractivity contribution in [1.29, 1.82) is 0 Å². The van der Waals surface area contributed by atoms with E-state index in [2.05, 4.69) is 5.32 Å². The average molecular weight is 200 g/mol. The second-order valence-electron chi connectivity index (χ2n) is 2.45. The minimum absolute atomic E-state index is 0.433. The highest BCUT2D eigenvalue weighted by Gasteiger charge is 2.14. The number of nitrogens with one attached hydrogen (secondary N) is 1. The number of para-hydroxylation sites is 1. The highest BCUT2D eigenvalue weighted by Crippen LogP contribution is 2.34. The van der Waals surface area contributed by atoms with E-state index >= 15 is 0 Å². The molecule has 0 fully saturated rings. The zero-order valence-corrected chi connectivity index (χ0v) is 7.71. The van der Waals surface area contributed by atoms with Crippen molar-refractivity contribution in [3.8, 4) is 5.75 Å². The van der Waals surface area contributed by atoms with Crippen molar-refractivity contribution in [2.75, 3.05) is 11.9 Å². The Kier molecular flexibility index (Phi) is 1.90. The van der Waals surface area contributed by atoms with Crippen LogP contribution in [-0.4, -0.2) is 11.6 Å². The van der Waals surface area contributed by atoms with E-state index < -0.39 is 0 Å². The third-order valence-corrected chi connectivity index (χ3v) is 2.13. The van der Waals surface area contributed by atoms with Crippen molar-refractivity contribution < 1.29 is 4.74 Å². The molecule has 2 nitrogen and oxygen atoms in total. The minimum atomic E-state index is 0.433. The first-order chi connectivity index (χ1) is 5.77. The van der Waals surface area contributed by atoms with Crippen molar-refractivity contribution >= 4 is 34.5 Å². The molecular formula is C8H6ClNOS. The van der Waals surface area contributed by atoms with Crippen LogP contribution >= 0.6 is 23.8 Å². The van der Waals surface area contributed by atoms with Gasteiger partial charge in [0, 0.05) is 0 Å². The van der Waals surface area contributed by atoms with Gasteiger partial charge in [0.05, 0.1) is 5.02 Å². The summed E-state index contributed by atoms with van der Waals surface area (Å²) in [7, 11) is 0. The van der Waals surface area contributed by atoms with E-state index in [0.29, 0.717) is 16.6 Å². The van der Waals surface area contributed by atoms with E-state index in [1.807, 2.05) is 12.1 Å². The van der Waals surface area contributed by atoms with Crippen LogP contribution in [-0.2, 0) is 0 Å².